The van der Waals surface area contributed by atoms with Crippen LogP contribution in [0.3, 0.4) is 0 Å². The first kappa shape index (κ1) is 32.2. The maximum atomic E-state index is 13.5. The zero-order valence-electron chi connectivity index (χ0n) is 27.5. The van der Waals surface area contributed by atoms with E-state index in [2.05, 4.69) is 39.8 Å². The molecule has 2 aromatic rings. The van der Waals surface area contributed by atoms with E-state index in [0.717, 1.165) is 52.3 Å². The summed E-state index contributed by atoms with van der Waals surface area (Å²) in [7, 11) is 4.55. The number of imide groups is 1. The van der Waals surface area contributed by atoms with Gasteiger partial charge in [0.15, 0.2) is 0 Å². The number of hydrogen-bond donors (Lipinski definition) is 0. The number of benzene rings is 2. The number of rotatable bonds is 13. The van der Waals surface area contributed by atoms with Gasteiger partial charge >= 0.3 is 0 Å². The summed E-state index contributed by atoms with van der Waals surface area (Å²) in [5.41, 5.74) is 1.04. The van der Waals surface area contributed by atoms with E-state index in [9.17, 15) is 14.4 Å². The van der Waals surface area contributed by atoms with E-state index in [0.29, 0.717) is 30.6 Å². The summed E-state index contributed by atoms with van der Waals surface area (Å²) in [5, 5.41) is 1.73. The van der Waals surface area contributed by atoms with Crippen molar-refractivity contribution in [2.45, 2.75) is 65.2 Å². The number of hydrogen-bond acceptors (Lipinski definition) is 3. The molecule has 0 unspecified atom stereocenters. The normalized spacial score (nSPS) is 18.3. The molecule has 0 atom stereocenters. The summed E-state index contributed by atoms with van der Waals surface area (Å²) >= 11 is 0. The number of carbonyl (C=O) groups excluding carboxylic acids is 3. The van der Waals surface area contributed by atoms with Crippen LogP contribution < -0.4 is 0 Å². The van der Waals surface area contributed by atoms with Gasteiger partial charge in [0.2, 0.25) is 5.91 Å². The molecule has 2 aromatic carbocycles. The van der Waals surface area contributed by atoms with Gasteiger partial charge in [0, 0.05) is 54.3 Å². The van der Waals surface area contributed by atoms with Crippen molar-refractivity contribution in [1.29, 1.82) is 0 Å². The molecular weight excluding hydrogens is 548 g/mol. The van der Waals surface area contributed by atoms with Crippen LogP contribution in [-0.2, 0) is 4.79 Å². The summed E-state index contributed by atoms with van der Waals surface area (Å²) in [6.45, 7) is 12.8. The third-order valence-corrected chi connectivity index (χ3v) is 9.94. The van der Waals surface area contributed by atoms with Crippen molar-refractivity contribution in [2.75, 3.05) is 73.0 Å². The molecule has 0 saturated carbocycles. The molecule has 5 rings (SSSR count). The van der Waals surface area contributed by atoms with E-state index < -0.39 is 0 Å². The third kappa shape index (κ3) is 7.53. The molecule has 3 aliphatic rings. The predicted octanol–water partition coefficient (Wildman–Crippen LogP) is 5.34. The molecule has 44 heavy (non-hydrogen) atoms. The fourth-order valence-corrected chi connectivity index (χ4v) is 7.99. The van der Waals surface area contributed by atoms with E-state index in [1.165, 1.54) is 63.1 Å². The molecular formula is C37H52N4O3+2. The summed E-state index contributed by atoms with van der Waals surface area (Å²) in [5.74, 6) is 6.63. The number of nitrogens with zero attached hydrogens (tertiary/aromatic N) is 4. The Balaban J connectivity index is 1.06. The summed E-state index contributed by atoms with van der Waals surface area (Å²) in [4.78, 5) is 42.1. The standard InChI is InChI=1S/C37H52N4O3/c1-37(2,28-39-35(43)31-18-13-16-30-17-14-19-32(34(30)31)36(39)44)29-40(3,4)23-8-5-6-9-24-41(26-11-12-27-41)25-10-7-21-38-22-15-20-33(38)42/h13-14,16-19H,5-6,8-9,11-12,15,20-29H2,1-4H3/q+2. The lowest BCUT2D eigenvalue weighted by molar-refractivity contribution is -0.910. The summed E-state index contributed by atoms with van der Waals surface area (Å²) in [6, 6.07) is 11.4. The largest absolute Gasteiger partial charge is 0.332 e. The number of likely N-dealkylation sites (tertiary alicyclic amines) is 2. The minimum Gasteiger partial charge on any atom is -0.332 e. The maximum Gasteiger partial charge on any atom is 0.261 e. The molecule has 236 valence electrons. The van der Waals surface area contributed by atoms with Gasteiger partial charge < -0.3 is 13.9 Å². The molecule has 3 amide bonds. The Labute approximate surface area is 264 Å². The Morgan fingerprint density at radius 1 is 0.864 bits per heavy atom. The molecule has 2 fully saturated rings. The Bertz CT molecular complexity index is 1390. The van der Waals surface area contributed by atoms with Crippen LogP contribution in [-0.4, -0.2) is 109 Å². The topological polar surface area (TPSA) is 57.7 Å². The highest BCUT2D eigenvalue weighted by atomic mass is 16.2. The molecule has 0 bridgehead atoms. The SMILES string of the molecule is CC(C)(CN1C(=O)c2cccc3cccc(c23)C1=O)C[N+](C)(C)CCCCCC[N+]1(CC#CCN2CCCC2=O)CCCC1. The molecule has 0 spiro atoms. The Morgan fingerprint density at radius 2 is 1.52 bits per heavy atom. The highest BCUT2D eigenvalue weighted by Crippen LogP contribution is 2.32. The quantitative estimate of drug-likeness (QED) is 0.135. The van der Waals surface area contributed by atoms with Crippen LogP contribution in [0, 0.1) is 17.3 Å². The second-order valence-corrected chi connectivity index (χ2v) is 15.0. The van der Waals surface area contributed by atoms with E-state index in [1.807, 2.05) is 41.3 Å². The van der Waals surface area contributed by atoms with Crippen LogP contribution >= 0.6 is 0 Å². The maximum absolute atomic E-state index is 13.5. The van der Waals surface area contributed by atoms with Crippen molar-refractivity contribution in [3.63, 3.8) is 0 Å². The molecule has 3 aliphatic heterocycles. The number of quaternary nitrogens is 2. The molecule has 7 heteroatoms. The lowest BCUT2D eigenvalue weighted by Crippen LogP contribution is -2.52. The third-order valence-electron chi connectivity index (χ3n) is 9.94. The van der Waals surface area contributed by atoms with Crippen molar-refractivity contribution >= 4 is 28.5 Å². The lowest BCUT2D eigenvalue weighted by Gasteiger charge is -2.40. The molecule has 0 aliphatic carbocycles. The molecule has 0 radical (unpaired) electrons. The van der Waals surface area contributed by atoms with E-state index >= 15 is 0 Å². The van der Waals surface area contributed by atoms with Crippen LogP contribution in [0.4, 0.5) is 0 Å². The average molecular weight is 601 g/mol. The van der Waals surface area contributed by atoms with Crippen molar-refractivity contribution in [1.82, 2.24) is 9.80 Å². The fourth-order valence-electron chi connectivity index (χ4n) is 7.99. The first-order valence-corrected chi connectivity index (χ1v) is 16.8. The average Bonchev–Trinajstić information content (AvgIpc) is 3.62. The second kappa shape index (κ2) is 13.4. The zero-order valence-corrected chi connectivity index (χ0v) is 27.5. The monoisotopic (exact) mass is 600 g/mol. The Hall–Kier alpha value is -3.21. The van der Waals surface area contributed by atoms with E-state index in [4.69, 9.17) is 0 Å². The summed E-state index contributed by atoms with van der Waals surface area (Å²) in [6.07, 6.45) is 9.11. The van der Waals surface area contributed by atoms with Gasteiger partial charge in [-0.05, 0) is 55.5 Å². The molecule has 7 nitrogen and oxygen atoms in total. The lowest BCUT2D eigenvalue weighted by atomic mass is 9.88. The van der Waals surface area contributed by atoms with Crippen LogP contribution in [0.25, 0.3) is 10.8 Å². The first-order valence-electron chi connectivity index (χ1n) is 16.8. The van der Waals surface area contributed by atoms with Crippen molar-refractivity contribution in [2.24, 2.45) is 5.41 Å². The number of amides is 3. The second-order valence-electron chi connectivity index (χ2n) is 15.0. The molecule has 3 heterocycles. The smallest absolute Gasteiger partial charge is 0.261 e. The van der Waals surface area contributed by atoms with E-state index in [-0.39, 0.29) is 23.1 Å². The summed E-state index contributed by atoms with van der Waals surface area (Å²) < 4.78 is 1.99. The highest BCUT2D eigenvalue weighted by Gasteiger charge is 2.39. The minimum atomic E-state index is -0.218. The number of carbonyl (C=O) groups is 3. The van der Waals surface area contributed by atoms with Gasteiger partial charge in [-0.1, -0.05) is 44.0 Å². The number of unbranched alkanes of at least 4 members (excludes halogenated alkanes) is 3. The first-order chi connectivity index (χ1) is 21.0. The van der Waals surface area contributed by atoms with Crippen LogP contribution in [0.1, 0.15) is 85.9 Å². The van der Waals surface area contributed by atoms with Gasteiger partial charge in [0.1, 0.15) is 6.54 Å². The van der Waals surface area contributed by atoms with Gasteiger partial charge in [-0.2, -0.15) is 0 Å². The van der Waals surface area contributed by atoms with Gasteiger partial charge in [0.25, 0.3) is 11.8 Å². The zero-order chi connectivity index (χ0) is 31.4. The van der Waals surface area contributed by atoms with Crippen LogP contribution in [0.5, 0.6) is 0 Å². The Kier molecular flexibility index (Phi) is 9.82. The van der Waals surface area contributed by atoms with Crippen LogP contribution in [0.15, 0.2) is 36.4 Å². The van der Waals surface area contributed by atoms with Gasteiger partial charge in [-0.25, -0.2) is 0 Å². The molecule has 0 aromatic heterocycles. The van der Waals surface area contributed by atoms with Gasteiger partial charge in [-0.15, -0.1) is 0 Å². The van der Waals surface area contributed by atoms with Crippen molar-refractivity contribution < 1.29 is 23.3 Å². The molecule has 2 saturated heterocycles. The van der Waals surface area contributed by atoms with Gasteiger partial charge in [0.05, 0.1) is 53.4 Å². The van der Waals surface area contributed by atoms with Crippen LogP contribution in [0.2, 0.25) is 0 Å². The van der Waals surface area contributed by atoms with E-state index in [1.54, 1.807) is 0 Å². The molecule has 0 N–H and O–H groups in total. The fraction of sp³-hybridized carbons (Fsp3) is 0.595. The van der Waals surface area contributed by atoms with Gasteiger partial charge in [-0.3, -0.25) is 19.3 Å². The Morgan fingerprint density at radius 3 is 2.16 bits per heavy atom. The van der Waals surface area contributed by atoms with Crippen molar-refractivity contribution in [3.8, 4) is 11.8 Å². The minimum absolute atomic E-state index is 0.177. The predicted molar refractivity (Wildman–Crippen MR) is 176 cm³/mol. The van der Waals surface area contributed by atoms with Crippen molar-refractivity contribution in [3.05, 3.63) is 47.5 Å². The highest BCUT2D eigenvalue weighted by molar-refractivity contribution is 6.25.